The van der Waals surface area contributed by atoms with Crippen LogP contribution < -0.4 is 14.8 Å². The SMILES string of the molecule is CC(O)Cn1cc(Oc2ccc(OC(F)F)c(-c3nn(C)cc3NC(=O)c3cnn4cccnc34)c2)cn1. The van der Waals surface area contributed by atoms with Gasteiger partial charge in [0.1, 0.15) is 22.8 Å². The second-order valence-corrected chi connectivity index (χ2v) is 8.35. The monoisotopic (exact) mass is 524 g/mol. The van der Waals surface area contributed by atoms with E-state index in [-0.39, 0.29) is 40.6 Å². The normalized spacial score (nSPS) is 12.2. The fourth-order valence-corrected chi connectivity index (χ4v) is 3.82. The molecule has 1 aromatic carbocycles. The maximum atomic E-state index is 13.2. The van der Waals surface area contributed by atoms with Gasteiger partial charge in [-0.25, -0.2) is 9.50 Å². The molecule has 0 radical (unpaired) electrons. The number of carbonyl (C=O) groups excluding carboxylic acids is 1. The van der Waals surface area contributed by atoms with Gasteiger partial charge in [0.25, 0.3) is 5.91 Å². The summed E-state index contributed by atoms with van der Waals surface area (Å²) in [6, 6.07) is 5.93. The lowest BCUT2D eigenvalue weighted by molar-refractivity contribution is -0.0494. The average Bonchev–Trinajstić information content (AvgIpc) is 3.58. The van der Waals surface area contributed by atoms with Gasteiger partial charge >= 0.3 is 6.61 Å². The van der Waals surface area contributed by atoms with Crippen LogP contribution in [0.25, 0.3) is 16.9 Å². The third kappa shape index (κ3) is 5.29. The molecule has 2 N–H and O–H groups in total. The highest BCUT2D eigenvalue weighted by Gasteiger charge is 2.22. The summed E-state index contributed by atoms with van der Waals surface area (Å²) in [5.41, 5.74) is 1.15. The summed E-state index contributed by atoms with van der Waals surface area (Å²) in [7, 11) is 1.63. The van der Waals surface area contributed by atoms with Gasteiger partial charge in [-0.3, -0.25) is 14.2 Å². The number of aliphatic hydroxyl groups is 1. The predicted molar refractivity (Wildman–Crippen MR) is 130 cm³/mol. The van der Waals surface area contributed by atoms with Crippen molar-refractivity contribution >= 4 is 17.2 Å². The Balaban J connectivity index is 1.48. The molecular formula is C24H22F2N8O4. The Labute approximate surface area is 214 Å². The first-order valence-corrected chi connectivity index (χ1v) is 11.4. The van der Waals surface area contributed by atoms with Gasteiger partial charge in [0, 0.05) is 25.6 Å². The van der Waals surface area contributed by atoms with Gasteiger partial charge < -0.3 is 19.9 Å². The number of benzene rings is 1. The van der Waals surface area contributed by atoms with Crippen LogP contribution in [0.15, 0.2) is 61.4 Å². The molecule has 0 spiro atoms. The van der Waals surface area contributed by atoms with Crippen molar-refractivity contribution in [1.82, 2.24) is 34.2 Å². The Morgan fingerprint density at radius 3 is 2.82 bits per heavy atom. The summed E-state index contributed by atoms with van der Waals surface area (Å²) < 4.78 is 41.4. The number of fused-ring (bicyclic) bond motifs is 1. The van der Waals surface area contributed by atoms with E-state index >= 15 is 0 Å². The first-order chi connectivity index (χ1) is 18.3. The van der Waals surface area contributed by atoms with Crippen molar-refractivity contribution in [3.63, 3.8) is 0 Å². The molecule has 0 bridgehead atoms. The Morgan fingerprint density at radius 2 is 2.03 bits per heavy atom. The molecule has 5 aromatic rings. The number of alkyl halides is 2. The van der Waals surface area contributed by atoms with Crippen LogP contribution in [0.4, 0.5) is 14.5 Å². The smallest absolute Gasteiger partial charge is 0.387 e. The number of hydrogen-bond acceptors (Lipinski definition) is 8. The number of anilines is 1. The number of halogens is 2. The molecule has 0 aliphatic rings. The van der Waals surface area contributed by atoms with Crippen molar-refractivity contribution in [3.05, 3.63) is 67.0 Å². The van der Waals surface area contributed by atoms with Crippen LogP contribution in [0.3, 0.4) is 0 Å². The summed E-state index contributed by atoms with van der Waals surface area (Å²) >= 11 is 0. The number of aliphatic hydroxyl groups excluding tert-OH is 1. The second kappa shape index (κ2) is 10.3. The molecule has 0 aliphatic carbocycles. The zero-order chi connectivity index (χ0) is 26.8. The van der Waals surface area contributed by atoms with E-state index in [1.54, 1.807) is 32.4 Å². The molecule has 4 aromatic heterocycles. The van der Waals surface area contributed by atoms with E-state index in [2.05, 4.69) is 25.6 Å². The summed E-state index contributed by atoms with van der Waals surface area (Å²) in [6.45, 7) is -1.19. The number of aromatic nitrogens is 7. The van der Waals surface area contributed by atoms with Crippen molar-refractivity contribution in [3.8, 4) is 28.5 Å². The van der Waals surface area contributed by atoms with Crippen LogP contribution in [0, 0.1) is 0 Å². The van der Waals surface area contributed by atoms with Crippen molar-refractivity contribution < 1.29 is 28.2 Å². The molecule has 1 amide bonds. The van der Waals surface area contributed by atoms with E-state index < -0.39 is 18.6 Å². The van der Waals surface area contributed by atoms with Gasteiger partial charge in [-0.05, 0) is 31.2 Å². The van der Waals surface area contributed by atoms with Crippen LogP contribution >= 0.6 is 0 Å². The quantitative estimate of drug-likeness (QED) is 0.300. The van der Waals surface area contributed by atoms with Crippen LogP contribution in [-0.4, -0.2) is 57.9 Å². The van der Waals surface area contributed by atoms with Crippen molar-refractivity contribution in [2.24, 2.45) is 7.05 Å². The fourth-order valence-electron chi connectivity index (χ4n) is 3.82. The molecule has 14 heteroatoms. The Morgan fingerprint density at radius 1 is 1.18 bits per heavy atom. The molecule has 0 aliphatic heterocycles. The van der Waals surface area contributed by atoms with Crippen LogP contribution in [0.2, 0.25) is 0 Å². The Hall–Kier alpha value is -4.85. The molecule has 0 saturated carbocycles. The van der Waals surface area contributed by atoms with Gasteiger partial charge in [-0.1, -0.05) is 0 Å². The second-order valence-electron chi connectivity index (χ2n) is 8.35. The lowest BCUT2D eigenvalue weighted by atomic mass is 10.1. The van der Waals surface area contributed by atoms with E-state index in [1.807, 2.05) is 0 Å². The molecule has 0 fully saturated rings. The number of amides is 1. The molecule has 4 heterocycles. The Kier molecular flexibility index (Phi) is 6.70. The minimum absolute atomic E-state index is 0.160. The largest absolute Gasteiger partial charge is 0.454 e. The first kappa shape index (κ1) is 24.8. The number of hydrogen-bond donors (Lipinski definition) is 2. The fraction of sp³-hybridized carbons (Fsp3) is 0.208. The summed E-state index contributed by atoms with van der Waals surface area (Å²) in [4.78, 5) is 17.3. The highest BCUT2D eigenvalue weighted by atomic mass is 19.3. The van der Waals surface area contributed by atoms with Gasteiger partial charge in [0.15, 0.2) is 11.4 Å². The lowest BCUT2D eigenvalue weighted by Crippen LogP contribution is -2.12. The molecular weight excluding hydrogens is 502 g/mol. The number of carbonyl (C=O) groups is 1. The van der Waals surface area contributed by atoms with Crippen LogP contribution in [-0.2, 0) is 13.6 Å². The van der Waals surface area contributed by atoms with E-state index in [0.29, 0.717) is 11.4 Å². The summed E-state index contributed by atoms with van der Waals surface area (Å²) in [5, 5.41) is 24.9. The number of nitrogens with zero attached hydrogens (tertiary/aromatic N) is 7. The minimum Gasteiger partial charge on any atom is -0.454 e. The van der Waals surface area contributed by atoms with E-state index in [4.69, 9.17) is 9.47 Å². The van der Waals surface area contributed by atoms with Crippen molar-refractivity contribution in [2.45, 2.75) is 26.2 Å². The topological polar surface area (TPSA) is 134 Å². The first-order valence-electron chi connectivity index (χ1n) is 11.4. The van der Waals surface area contributed by atoms with E-state index in [1.165, 1.54) is 56.9 Å². The highest BCUT2D eigenvalue weighted by molar-refractivity contribution is 6.09. The van der Waals surface area contributed by atoms with Crippen LogP contribution in [0.1, 0.15) is 17.3 Å². The molecule has 12 nitrogen and oxygen atoms in total. The van der Waals surface area contributed by atoms with Crippen LogP contribution in [0.5, 0.6) is 17.2 Å². The minimum atomic E-state index is -3.09. The molecule has 1 atom stereocenters. The highest BCUT2D eigenvalue weighted by Crippen LogP contribution is 2.38. The van der Waals surface area contributed by atoms with Gasteiger partial charge in [0.05, 0.1) is 42.5 Å². The average molecular weight is 524 g/mol. The molecule has 0 saturated heterocycles. The number of aryl methyl sites for hydroxylation is 1. The van der Waals surface area contributed by atoms with Crippen molar-refractivity contribution in [2.75, 3.05) is 5.32 Å². The van der Waals surface area contributed by atoms with Gasteiger partial charge in [-0.2, -0.15) is 24.1 Å². The predicted octanol–water partition coefficient (Wildman–Crippen LogP) is 3.35. The number of nitrogens with one attached hydrogen (secondary N) is 1. The Bertz CT molecular complexity index is 1590. The maximum Gasteiger partial charge on any atom is 0.387 e. The van der Waals surface area contributed by atoms with Crippen molar-refractivity contribution in [1.29, 1.82) is 0 Å². The van der Waals surface area contributed by atoms with Gasteiger partial charge in [0.2, 0.25) is 0 Å². The summed E-state index contributed by atoms with van der Waals surface area (Å²) in [5.74, 6) is -0.0200. The third-order valence-electron chi connectivity index (χ3n) is 5.32. The molecule has 5 rings (SSSR count). The van der Waals surface area contributed by atoms with E-state index in [9.17, 15) is 18.7 Å². The summed E-state index contributed by atoms with van der Waals surface area (Å²) in [6.07, 6.45) is 8.56. The van der Waals surface area contributed by atoms with Gasteiger partial charge in [-0.15, -0.1) is 0 Å². The number of ether oxygens (including phenoxy) is 2. The molecule has 38 heavy (non-hydrogen) atoms. The van der Waals surface area contributed by atoms with E-state index in [0.717, 1.165) is 0 Å². The molecule has 196 valence electrons. The lowest BCUT2D eigenvalue weighted by Gasteiger charge is -2.13. The standard InChI is InChI=1S/C24H22F2N8O4/c1-14(35)11-33-12-16(9-28-33)37-15-4-5-20(38-24(25)26)17(8-15)21-19(13-32(2)31-21)30-23(36)18-10-29-34-7-3-6-27-22(18)34/h3-10,12-14,24,35H,11H2,1-2H3,(H,30,36). The number of rotatable bonds is 9. The maximum absolute atomic E-state index is 13.2. The third-order valence-corrected chi connectivity index (χ3v) is 5.32. The zero-order valence-electron chi connectivity index (χ0n) is 20.2. The zero-order valence-corrected chi connectivity index (χ0v) is 20.2. The molecule has 1 unspecified atom stereocenters.